The normalized spacial score (nSPS) is 17.7. The summed E-state index contributed by atoms with van der Waals surface area (Å²) in [6.07, 6.45) is 2.67. The molecule has 1 unspecified atom stereocenters. The summed E-state index contributed by atoms with van der Waals surface area (Å²) in [5.41, 5.74) is 1.14. The molecule has 1 aromatic carbocycles. The molecule has 0 radical (unpaired) electrons. The first-order valence-electron chi connectivity index (χ1n) is 5.40. The average molecular weight is 270 g/mol. The molecule has 2 nitrogen and oxygen atoms in total. The third-order valence-electron chi connectivity index (χ3n) is 2.81. The number of hydrogen-bond acceptors (Lipinski definition) is 2. The van der Waals surface area contributed by atoms with Gasteiger partial charge < -0.3 is 10.4 Å². The SMILES string of the molecule is OCC(NCC1CC1)c1ccccc1Br. The van der Waals surface area contributed by atoms with Gasteiger partial charge in [0.25, 0.3) is 0 Å². The minimum Gasteiger partial charge on any atom is -0.394 e. The summed E-state index contributed by atoms with van der Waals surface area (Å²) < 4.78 is 1.06. The molecule has 2 rings (SSSR count). The summed E-state index contributed by atoms with van der Waals surface area (Å²) in [5, 5.41) is 12.8. The molecule has 2 N–H and O–H groups in total. The van der Waals surface area contributed by atoms with Crippen molar-refractivity contribution >= 4 is 15.9 Å². The van der Waals surface area contributed by atoms with Crippen LogP contribution in [0.3, 0.4) is 0 Å². The minimum atomic E-state index is 0.0566. The summed E-state index contributed by atoms with van der Waals surface area (Å²) in [6.45, 7) is 1.17. The zero-order valence-electron chi connectivity index (χ0n) is 8.62. The second kappa shape index (κ2) is 5.10. The zero-order valence-corrected chi connectivity index (χ0v) is 10.2. The summed E-state index contributed by atoms with van der Waals surface area (Å²) >= 11 is 3.51. The third kappa shape index (κ3) is 3.03. The maximum atomic E-state index is 9.35. The van der Waals surface area contributed by atoms with Crippen molar-refractivity contribution in [3.8, 4) is 0 Å². The van der Waals surface area contributed by atoms with E-state index in [0.29, 0.717) is 0 Å². The Balaban J connectivity index is 2.00. The minimum absolute atomic E-state index is 0.0566. The van der Waals surface area contributed by atoms with Crippen molar-refractivity contribution in [1.29, 1.82) is 0 Å². The van der Waals surface area contributed by atoms with E-state index in [0.717, 1.165) is 22.5 Å². The number of nitrogens with one attached hydrogen (secondary N) is 1. The fourth-order valence-corrected chi connectivity index (χ4v) is 2.22. The first-order chi connectivity index (χ1) is 7.31. The molecule has 0 amide bonds. The van der Waals surface area contributed by atoms with E-state index in [-0.39, 0.29) is 12.6 Å². The second-order valence-corrected chi connectivity index (χ2v) is 4.96. The molecule has 3 heteroatoms. The number of halogens is 1. The van der Waals surface area contributed by atoms with Gasteiger partial charge in [0.1, 0.15) is 0 Å². The lowest BCUT2D eigenvalue weighted by atomic mass is 10.1. The average Bonchev–Trinajstić information content (AvgIpc) is 3.05. The van der Waals surface area contributed by atoms with Gasteiger partial charge in [-0.2, -0.15) is 0 Å². The quantitative estimate of drug-likeness (QED) is 0.861. The highest BCUT2D eigenvalue weighted by Crippen LogP contribution is 2.29. The van der Waals surface area contributed by atoms with E-state index in [9.17, 15) is 5.11 Å². The monoisotopic (exact) mass is 269 g/mol. The highest BCUT2D eigenvalue weighted by molar-refractivity contribution is 9.10. The lowest BCUT2D eigenvalue weighted by molar-refractivity contribution is 0.243. The van der Waals surface area contributed by atoms with Crippen molar-refractivity contribution in [2.24, 2.45) is 5.92 Å². The van der Waals surface area contributed by atoms with E-state index in [2.05, 4.69) is 21.2 Å². The molecule has 0 saturated heterocycles. The van der Waals surface area contributed by atoms with Crippen LogP contribution in [0.2, 0.25) is 0 Å². The lowest BCUT2D eigenvalue weighted by Gasteiger charge is -2.17. The Bertz CT molecular complexity index is 325. The van der Waals surface area contributed by atoms with Crippen molar-refractivity contribution in [3.05, 3.63) is 34.3 Å². The van der Waals surface area contributed by atoms with Crippen LogP contribution in [0, 0.1) is 5.92 Å². The summed E-state index contributed by atoms with van der Waals surface area (Å²) in [7, 11) is 0. The first kappa shape index (κ1) is 11.1. The molecule has 82 valence electrons. The Kier molecular flexibility index (Phi) is 3.78. The summed E-state index contributed by atoms with van der Waals surface area (Å²) in [5.74, 6) is 0.835. The molecule has 1 saturated carbocycles. The maximum absolute atomic E-state index is 9.35. The molecule has 0 aromatic heterocycles. The number of hydrogen-bond donors (Lipinski definition) is 2. The standard InChI is InChI=1S/C12H16BrNO/c13-11-4-2-1-3-10(11)12(8-15)14-7-9-5-6-9/h1-4,9,12,14-15H,5-8H2. The predicted octanol–water partition coefficient (Wildman–Crippen LogP) is 2.48. The number of aliphatic hydroxyl groups excluding tert-OH is 1. The summed E-state index contributed by atoms with van der Waals surface area (Å²) in [6, 6.07) is 8.10. The Labute approximate surface area is 98.8 Å². The number of aliphatic hydroxyl groups is 1. The summed E-state index contributed by atoms with van der Waals surface area (Å²) in [4.78, 5) is 0. The Morgan fingerprint density at radius 1 is 1.40 bits per heavy atom. The van der Waals surface area contributed by atoms with Crippen LogP contribution in [-0.2, 0) is 0 Å². The van der Waals surface area contributed by atoms with Crippen molar-refractivity contribution in [2.45, 2.75) is 18.9 Å². The van der Waals surface area contributed by atoms with Crippen molar-refractivity contribution in [2.75, 3.05) is 13.2 Å². The van der Waals surface area contributed by atoms with Gasteiger partial charge in [0.05, 0.1) is 12.6 Å². The molecule has 1 atom stereocenters. The number of benzene rings is 1. The van der Waals surface area contributed by atoms with Crippen molar-refractivity contribution in [1.82, 2.24) is 5.32 Å². The molecule has 1 aromatic rings. The predicted molar refractivity (Wildman–Crippen MR) is 64.7 cm³/mol. The van der Waals surface area contributed by atoms with Gasteiger partial charge in [0.2, 0.25) is 0 Å². The highest BCUT2D eigenvalue weighted by atomic mass is 79.9. The van der Waals surface area contributed by atoms with E-state index in [1.54, 1.807) is 0 Å². The molecule has 0 aliphatic heterocycles. The smallest absolute Gasteiger partial charge is 0.0626 e. The van der Waals surface area contributed by atoms with Gasteiger partial charge >= 0.3 is 0 Å². The molecule has 0 bridgehead atoms. The molecule has 1 aliphatic rings. The van der Waals surface area contributed by atoms with Crippen LogP contribution in [0.25, 0.3) is 0 Å². The van der Waals surface area contributed by atoms with Crippen LogP contribution < -0.4 is 5.32 Å². The molecule has 0 spiro atoms. The highest BCUT2D eigenvalue weighted by Gasteiger charge is 2.22. The van der Waals surface area contributed by atoms with E-state index in [1.807, 2.05) is 24.3 Å². The van der Waals surface area contributed by atoms with E-state index < -0.39 is 0 Å². The molecule has 1 fully saturated rings. The van der Waals surface area contributed by atoms with E-state index in [1.165, 1.54) is 12.8 Å². The molecule has 0 heterocycles. The van der Waals surface area contributed by atoms with E-state index in [4.69, 9.17) is 0 Å². The fourth-order valence-electron chi connectivity index (χ4n) is 1.66. The molecule has 15 heavy (non-hydrogen) atoms. The Morgan fingerprint density at radius 3 is 2.73 bits per heavy atom. The molecular weight excluding hydrogens is 254 g/mol. The largest absolute Gasteiger partial charge is 0.394 e. The van der Waals surface area contributed by atoms with Gasteiger partial charge in [0.15, 0.2) is 0 Å². The van der Waals surface area contributed by atoms with E-state index >= 15 is 0 Å². The van der Waals surface area contributed by atoms with Gasteiger partial charge in [-0.15, -0.1) is 0 Å². The Morgan fingerprint density at radius 2 is 2.13 bits per heavy atom. The van der Waals surface area contributed by atoms with Gasteiger partial charge in [-0.25, -0.2) is 0 Å². The molecular formula is C12H16BrNO. The van der Waals surface area contributed by atoms with Crippen molar-refractivity contribution < 1.29 is 5.11 Å². The number of rotatable bonds is 5. The zero-order chi connectivity index (χ0) is 10.7. The van der Waals surface area contributed by atoms with Crippen LogP contribution in [0.5, 0.6) is 0 Å². The van der Waals surface area contributed by atoms with Crippen LogP contribution >= 0.6 is 15.9 Å². The Hall–Kier alpha value is -0.380. The fraction of sp³-hybridized carbons (Fsp3) is 0.500. The lowest BCUT2D eigenvalue weighted by Crippen LogP contribution is -2.26. The van der Waals surface area contributed by atoms with Gasteiger partial charge in [-0.3, -0.25) is 0 Å². The van der Waals surface area contributed by atoms with Crippen LogP contribution in [0.15, 0.2) is 28.7 Å². The van der Waals surface area contributed by atoms with Crippen molar-refractivity contribution in [3.63, 3.8) is 0 Å². The third-order valence-corrected chi connectivity index (χ3v) is 3.54. The van der Waals surface area contributed by atoms with Crippen LogP contribution in [-0.4, -0.2) is 18.3 Å². The first-order valence-corrected chi connectivity index (χ1v) is 6.19. The van der Waals surface area contributed by atoms with Gasteiger partial charge in [-0.1, -0.05) is 34.1 Å². The molecule has 1 aliphatic carbocycles. The van der Waals surface area contributed by atoms with Gasteiger partial charge in [-0.05, 0) is 36.9 Å². The van der Waals surface area contributed by atoms with Gasteiger partial charge in [0, 0.05) is 4.47 Å². The van der Waals surface area contributed by atoms with Crippen LogP contribution in [0.4, 0.5) is 0 Å². The second-order valence-electron chi connectivity index (χ2n) is 4.11. The topological polar surface area (TPSA) is 32.3 Å². The van der Waals surface area contributed by atoms with Crippen LogP contribution in [0.1, 0.15) is 24.4 Å². The maximum Gasteiger partial charge on any atom is 0.0626 e.